The van der Waals surface area contributed by atoms with Gasteiger partial charge in [-0.05, 0) is 153 Å². The van der Waals surface area contributed by atoms with Crippen LogP contribution in [0.25, 0.3) is 0 Å². The van der Waals surface area contributed by atoms with Gasteiger partial charge < -0.3 is 20.4 Å². The number of rotatable bonds is 21. The van der Waals surface area contributed by atoms with E-state index in [-0.39, 0.29) is 27.8 Å². The molecule has 0 aliphatic rings. The number of phenolic OH excluding ortho intramolecular Hbond substituents is 2. The SMILES string of the molecule is CCCCCC(C)(C)C(O)C#Cc1ccc(C(CC)(CC)c2ccc(O)c(C)c2)cc1C.CCCCCC(C)(C)C(O)CCc1ccc(C(CC)(CC)c2ccc(O)c(C)c2)cc1C. The average Bonchev–Trinajstić information content (AvgIpc) is 3.26. The Morgan fingerprint density at radius 3 is 1.31 bits per heavy atom. The molecule has 4 heteroatoms. The standard InChI is InChI=1S/C30H46O2.C30H42O2/c2*1-8-11-12-19-29(6,7)28(32)18-14-24-13-15-25(20-22(24)4)30(9-2,10-3)26-16-17-27(31)23(5)21-26/h13,15-17,20-21,28,31-32H,8-12,14,18-19H2,1-7H3;13,15-17,20-21,28,31-32H,8-12,19H2,1-7H3. The maximum Gasteiger partial charge on any atom is 0.120 e. The van der Waals surface area contributed by atoms with Gasteiger partial charge in [0.25, 0.3) is 0 Å². The van der Waals surface area contributed by atoms with Crippen molar-refractivity contribution in [2.75, 3.05) is 0 Å². The van der Waals surface area contributed by atoms with Gasteiger partial charge in [-0.1, -0.05) is 174 Å². The molecule has 352 valence electrons. The minimum absolute atomic E-state index is 0.0285. The molecule has 2 unspecified atom stereocenters. The summed E-state index contributed by atoms with van der Waals surface area (Å²) in [6, 6.07) is 25.5. The molecule has 0 aliphatic heterocycles. The first kappa shape index (κ1) is 54.3. The molecular weight excluding hydrogens is 785 g/mol. The zero-order valence-corrected chi connectivity index (χ0v) is 42.8. The number of hydrogen-bond donors (Lipinski definition) is 4. The van der Waals surface area contributed by atoms with E-state index in [0.29, 0.717) is 11.5 Å². The van der Waals surface area contributed by atoms with Crippen molar-refractivity contribution in [1.29, 1.82) is 0 Å². The molecule has 2 atom stereocenters. The summed E-state index contributed by atoms with van der Waals surface area (Å²) in [6.07, 6.45) is 14.0. The lowest BCUT2D eigenvalue weighted by Gasteiger charge is -2.34. The first-order chi connectivity index (χ1) is 30.2. The number of hydrogen-bond acceptors (Lipinski definition) is 4. The van der Waals surface area contributed by atoms with E-state index in [1.807, 2.05) is 19.9 Å². The molecule has 4 N–H and O–H groups in total. The van der Waals surface area contributed by atoms with Crippen LogP contribution in [-0.4, -0.2) is 32.6 Å². The van der Waals surface area contributed by atoms with E-state index in [4.69, 9.17) is 0 Å². The van der Waals surface area contributed by atoms with E-state index in [0.717, 1.165) is 80.0 Å². The van der Waals surface area contributed by atoms with Gasteiger partial charge in [-0.3, -0.25) is 0 Å². The molecule has 0 saturated heterocycles. The first-order valence-corrected chi connectivity index (χ1v) is 24.9. The highest BCUT2D eigenvalue weighted by Crippen LogP contribution is 2.42. The molecule has 0 saturated carbocycles. The molecule has 0 radical (unpaired) electrons. The Bertz CT molecular complexity index is 2120. The van der Waals surface area contributed by atoms with Crippen molar-refractivity contribution in [2.45, 2.75) is 210 Å². The number of aliphatic hydroxyl groups excluding tert-OH is 2. The highest BCUT2D eigenvalue weighted by Gasteiger charge is 2.33. The molecule has 0 fully saturated rings. The molecule has 0 amide bonds. The zero-order valence-electron chi connectivity index (χ0n) is 42.8. The van der Waals surface area contributed by atoms with E-state index in [2.05, 4.69) is 156 Å². The molecule has 0 bridgehead atoms. The third kappa shape index (κ3) is 13.5. The van der Waals surface area contributed by atoms with Crippen LogP contribution in [0.3, 0.4) is 0 Å². The minimum Gasteiger partial charge on any atom is -0.508 e. The Hall–Kier alpha value is -4.04. The van der Waals surface area contributed by atoms with Gasteiger partial charge in [0, 0.05) is 21.8 Å². The first-order valence-electron chi connectivity index (χ1n) is 24.9. The fourth-order valence-corrected chi connectivity index (χ4v) is 9.74. The van der Waals surface area contributed by atoms with Crippen LogP contribution in [0.4, 0.5) is 0 Å². The second kappa shape index (κ2) is 24.5. The van der Waals surface area contributed by atoms with Gasteiger partial charge in [0.2, 0.25) is 0 Å². The van der Waals surface area contributed by atoms with Gasteiger partial charge in [-0.2, -0.15) is 0 Å². The van der Waals surface area contributed by atoms with Crippen LogP contribution in [0.2, 0.25) is 0 Å². The van der Waals surface area contributed by atoms with E-state index < -0.39 is 6.10 Å². The maximum atomic E-state index is 10.9. The Kier molecular flexibility index (Phi) is 20.8. The van der Waals surface area contributed by atoms with Crippen molar-refractivity contribution >= 4 is 0 Å². The van der Waals surface area contributed by atoms with E-state index in [1.54, 1.807) is 6.07 Å². The lowest BCUT2D eigenvalue weighted by molar-refractivity contribution is 0.0357. The number of aliphatic hydroxyl groups is 2. The number of aromatic hydroxyl groups is 2. The van der Waals surface area contributed by atoms with Gasteiger partial charge in [-0.25, -0.2) is 0 Å². The Morgan fingerprint density at radius 1 is 0.500 bits per heavy atom. The summed E-state index contributed by atoms with van der Waals surface area (Å²) in [5.41, 5.74) is 11.3. The van der Waals surface area contributed by atoms with Crippen molar-refractivity contribution in [3.8, 4) is 23.3 Å². The van der Waals surface area contributed by atoms with Crippen LogP contribution in [-0.2, 0) is 17.3 Å². The van der Waals surface area contributed by atoms with Gasteiger partial charge >= 0.3 is 0 Å². The second-order valence-electron chi connectivity index (χ2n) is 20.4. The van der Waals surface area contributed by atoms with Gasteiger partial charge in [-0.15, -0.1) is 0 Å². The lowest BCUT2D eigenvalue weighted by atomic mass is 9.69. The summed E-state index contributed by atoms with van der Waals surface area (Å²) in [7, 11) is 0. The fraction of sp³-hybridized carbons (Fsp3) is 0.567. The minimum atomic E-state index is -0.635. The Balaban J connectivity index is 0.000000340. The smallest absolute Gasteiger partial charge is 0.120 e. The molecule has 0 aliphatic carbocycles. The third-order valence-corrected chi connectivity index (χ3v) is 15.1. The molecule has 4 aromatic rings. The summed E-state index contributed by atoms with van der Waals surface area (Å²) < 4.78 is 0. The molecule has 0 aromatic heterocycles. The highest BCUT2D eigenvalue weighted by molar-refractivity contribution is 5.50. The molecule has 0 heterocycles. The van der Waals surface area contributed by atoms with Crippen LogP contribution in [0.5, 0.6) is 11.5 Å². The largest absolute Gasteiger partial charge is 0.508 e. The number of unbranched alkanes of at least 4 members (excludes halogenated alkanes) is 4. The molecule has 64 heavy (non-hydrogen) atoms. The predicted octanol–water partition coefficient (Wildman–Crippen LogP) is 15.4. The normalized spacial score (nSPS) is 13.1. The molecule has 4 nitrogen and oxygen atoms in total. The monoisotopic (exact) mass is 873 g/mol. The average molecular weight is 873 g/mol. The van der Waals surface area contributed by atoms with E-state index >= 15 is 0 Å². The van der Waals surface area contributed by atoms with Crippen molar-refractivity contribution in [1.82, 2.24) is 0 Å². The van der Waals surface area contributed by atoms with Gasteiger partial charge in [0.05, 0.1) is 6.10 Å². The maximum absolute atomic E-state index is 10.9. The quantitative estimate of drug-likeness (QED) is 0.0497. The molecular formula is C60H88O4. The Labute approximate surface area is 391 Å². The van der Waals surface area contributed by atoms with E-state index in [9.17, 15) is 20.4 Å². The summed E-state index contributed by atoms with van der Waals surface area (Å²) in [5.74, 6) is 7.06. The van der Waals surface area contributed by atoms with Crippen LogP contribution < -0.4 is 0 Å². The lowest BCUT2D eigenvalue weighted by Crippen LogP contribution is -2.30. The van der Waals surface area contributed by atoms with E-state index in [1.165, 1.54) is 65.5 Å². The van der Waals surface area contributed by atoms with Gasteiger partial charge in [0.1, 0.15) is 17.6 Å². The van der Waals surface area contributed by atoms with Crippen LogP contribution in [0.1, 0.15) is 208 Å². The highest BCUT2D eigenvalue weighted by atomic mass is 16.3. The van der Waals surface area contributed by atoms with Crippen molar-refractivity contribution in [2.24, 2.45) is 10.8 Å². The van der Waals surface area contributed by atoms with Crippen molar-refractivity contribution in [3.05, 3.63) is 128 Å². The van der Waals surface area contributed by atoms with Crippen LogP contribution in [0.15, 0.2) is 72.8 Å². The number of benzene rings is 4. The summed E-state index contributed by atoms with van der Waals surface area (Å²) in [5, 5.41) is 41.6. The number of phenols is 2. The van der Waals surface area contributed by atoms with Crippen LogP contribution in [0, 0.1) is 50.4 Å². The topological polar surface area (TPSA) is 80.9 Å². The third-order valence-electron chi connectivity index (χ3n) is 15.1. The summed E-state index contributed by atoms with van der Waals surface area (Å²) in [4.78, 5) is 0. The Morgan fingerprint density at radius 2 is 0.906 bits per heavy atom. The van der Waals surface area contributed by atoms with Crippen LogP contribution >= 0.6 is 0 Å². The summed E-state index contributed by atoms with van der Waals surface area (Å²) in [6.45, 7) is 30.2. The second-order valence-corrected chi connectivity index (χ2v) is 20.4. The van der Waals surface area contributed by atoms with Crippen molar-refractivity contribution < 1.29 is 20.4 Å². The summed E-state index contributed by atoms with van der Waals surface area (Å²) >= 11 is 0. The van der Waals surface area contributed by atoms with Gasteiger partial charge in [0.15, 0.2) is 0 Å². The number of aryl methyl sites for hydroxylation is 5. The zero-order chi connectivity index (χ0) is 47.9. The predicted molar refractivity (Wildman–Crippen MR) is 274 cm³/mol. The van der Waals surface area contributed by atoms with Crippen molar-refractivity contribution in [3.63, 3.8) is 0 Å². The molecule has 4 rings (SSSR count). The molecule has 0 spiro atoms. The fourth-order valence-electron chi connectivity index (χ4n) is 9.74. The molecule has 4 aromatic carbocycles.